The molecule has 0 saturated carbocycles. The van der Waals surface area contributed by atoms with Gasteiger partial charge in [0.25, 0.3) is 0 Å². The Morgan fingerprint density at radius 1 is 1.20 bits per heavy atom. The quantitative estimate of drug-likeness (QED) is 0.660. The van der Waals surface area contributed by atoms with E-state index in [1.165, 1.54) is 6.92 Å². The lowest BCUT2D eigenvalue weighted by atomic mass is 9.92. The second-order valence-corrected chi connectivity index (χ2v) is 5.80. The highest BCUT2D eigenvalue weighted by Crippen LogP contribution is 2.21. The summed E-state index contributed by atoms with van der Waals surface area (Å²) in [6, 6.07) is 0. The molecular formula is C15H28O5. The van der Waals surface area contributed by atoms with E-state index in [0.717, 1.165) is 12.8 Å². The molecule has 0 fully saturated rings. The Kier molecular flexibility index (Phi) is 8.46. The largest absolute Gasteiger partial charge is 0.466 e. The number of hydrogen-bond acceptors (Lipinski definition) is 5. The molecule has 0 spiro atoms. The second kappa shape index (κ2) is 8.95. The fourth-order valence-corrected chi connectivity index (χ4v) is 1.81. The van der Waals surface area contributed by atoms with E-state index in [1.807, 2.05) is 0 Å². The third-order valence-corrected chi connectivity index (χ3v) is 3.18. The van der Waals surface area contributed by atoms with Gasteiger partial charge in [-0.1, -0.05) is 13.8 Å². The maximum Gasteiger partial charge on any atom is 0.305 e. The standard InChI is InChI=1S/C15H28O5/c1-6-14(17)19-10-9-11(2)7-8-13(15(4,5)18)20-12(3)16/h11,13,18H,6-10H2,1-5H3. The Balaban J connectivity index is 4.08. The molecule has 5 heteroatoms. The third kappa shape index (κ3) is 8.91. The van der Waals surface area contributed by atoms with Gasteiger partial charge in [0.15, 0.2) is 0 Å². The molecule has 0 radical (unpaired) electrons. The summed E-state index contributed by atoms with van der Waals surface area (Å²) in [5.74, 6) is -0.242. The highest BCUT2D eigenvalue weighted by Gasteiger charge is 2.29. The van der Waals surface area contributed by atoms with E-state index in [-0.39, 0.29) is 11.9 Å². The fourth-order valence-electron chi connectivity index (χ4n) is 1.81. The molecule has 0 aliphatic rings. The normalized spacial score (nSPS) is 14.5. The molecule has 2 unspecified atom stereocenters. The van der Waals surface area contributed by atoms with Crippen molar-refractivity contribution in [1.29, 1.82) is 0 Å². The van der Waals surface area contributed by atoms with Crippen LogP contribution in [-0.4, -0.2) is 35.4 Å². The number of esters is 2. The van der Waals surface area contributed by atoms with Gasteiger partial charge in [-0.2, -0.15) is 0 Å². The van der Waals surface area contributed by atoms with E-state index in [4.69, 9.17) is 9.47 Å². The van der Waals surface area contributed by atoms with Crippen molar-refractivity contribution in [2.75, 3.05) is 6.61 Å². The molecule has 0 aromatic carbocycles. The zero-order chi connectivity index (χ0) is 15.8. The predicted molar refractivity (Wildman–Crippen MR) is 76.1 cm³/mol. The Labute approximate surface area is 121 Å². The topological polar surface area (TPSA) is 72.8 Å². The summed E-state index contributed by atoms with van der Waals surface area (Å²) in [4.78, 5) is 22.0. The van der Waals surface area contributed by atoms with Gasteiger partial charge in [0.1, 0.15) is 6.10 Å². The molecule has 0 aromatic heterocycles. The maximum absolute atomic E-state index is 11.0. The van der Waals surface area contributed by atoms with E-state index in [1.54, 1.807) is 20.8 Å². The van der Waals surface area contributed by atoms with Crippen molar-refractivity contribution in [3.8, 4) is 0 Å². The van der Waals surface area contributed by atoms with Crippen molar-refractivity contribution in [2.45, 2.75) is 72.0 Å². The van der Waals surface area contributed by atoms with Crippen molar-refractivity contribution in [2.24, 2.45) is 5.92 Å². The average molecular weight is 288 g/mol. The van der Waals surface area contributed by atoms with Gasteiger partial charge >= 0.3 is 11.9 Å². The molecule has 5 nitrogen and oxygen atoms in total. The zero-order valence-corrected chi connectivity index (χ0v) is 13.3. The molecule has 0 aliphatic heterocycles. The lowest BCUT2D eigenvalue weighted by Gasteiger charge is -2.29. The minimum atomic E-state index is -1.06. The minimum absolute atomic E-state index is 0.188. The highest BCUT2D eigenvalue weighted by molar-refractivity contribution is 5.68. The molecule has 0 bridgehead atoms. The summed E-state index contributed by atoms with van der Waals surface area (Å²) in [5, 5.41) is 9.97. The average Bonchev–Trinajstić information content (AvgIpc) is 2.32. The minimum Gasteiger partial charge on any atom is -0.466 e. The van der Waals surface area contributed by atoms with Crippen LogP contribution in [0.4, 0.5) is 0 Å². The summed E-state index contributed by atoms with van der Waals surface area (Å²) in [5.41, 5.74) is -1.06. The monoisotopic (exact) mass is 288 g/mol. The molecule has 118 valence electrons. The van der Waals surface area contributed by atoms with Gasteiger partial charge in [-0.25, -0.2) is 0 Å². The van der Waals surface area contributed by atoms with Crippen molar-refractivity contribution in [1.82, 2.24) is 0 Å². The number of aliphatic hydroxyl groups is 1. The number of ether oxygens (including phenoxy) is 2. The van der Waals surface area contributed by atoms with E-state index in [0.29, 0.717) is 25.4 Å². The van der Waals surface area contributed by atoms with E-state index < -0.39 is 11.7 Å². The van der Waals surface area contributed by atoms with Gasteiger partial charge in [0.05, 0.1) is 12.2 Å². The van der Waals surface area contributed by atoms with Gasteiger partial charge in [0, 0.05) is 13.3 Å². The van der Waals surface area contributed by atoms with Crippen LogP contribution < -0.4 is 0 Å². The van der Waals surface area contributed by atoms with Crippen LogP contribution in [0.25, 0.3) is 0 Å². The maximum atomic E-state index is 11.0. The van der Waals surface area contributed by atoms with Crippen molar-refractivity contribution in [3.63, 3.8) is 0 Å². The van der Waals surface area contributed by atoms with Gasteiger partial charge in [-0.3, -0.25) is 9.59 Å². The van der Waals surface area contributed by atoms with Crippen LogP contribution in [0.5, 0.6) is 0 Å². The summed E-state index contributed by atoms with van der Waals surface area (Å²) >= 11 is 0. The number of rotatable bonds is 9. The summed E-state index contributed by atoms with van der Waals surface area (Å²) in [6.07, 6.45) is 2.03. The van der Waals surface area contributed by atoms with Crippen LogP contribution in [0.1, 0.15) is 60.3 Å². The molecule has 0 amide bonds. The van der Waals surface area contributed by atoms with Crippen molar-refractivity contribution < 1.29 is 24.2 Å². The smallest absolute Gasteiger partial charge is 0.305 e. The molecular weight excluding hydrogens is 260 g/mol. The van der Waals surface area contributed by atoms with Crippen LogP contribution in [0, 0.1) is 5.92 Å². The second-order valence-electron chi connectivity index (χ2n) is 5.80. The lowest BCUT2D eigenvalue weighted by Crippen LogP contribution is -2.39. The zero-order valence-electron chi connectivity index (χ0n) is 13.3. The molecule has 20 heavy (non-hydrogen) atoms. The third-order valence-electron chi connectivity index (χ3n) is 3.18. The van der Waals surface area contributed by atoms with Gasteiger partial charge in [-0.15, -0.1) is 0 Å². The van der Waals surface area contributed by atoms with Crippen molar-refractivity contribution >= 4 is 11.9 Å². The lowest BCUT2D eigenvalue weighted by molar-refractivity contribution is -0.160. The molecule has 0 aromatic rings. The molecule has 0 aliphatic carbocycles. The first-order chi connectivity index (χ1) is 9.16. The van der Waals surface area contributed by atoms with Gasteiger partial charge in [-0.05, 0) is 39.0 Å². The first-order valence-electron chi connectivity index (χ1n) is 7.22. The predicted octanol–water partition coefficient (Wildman–Crippen LogP) is 2.45. The van der Waals surface area contributed by atoms with Crippen LogP contribution in [0.2, 0.25) is 0 Å². The first-order valence-corrected chi connectivity index (χ1v) is 7.22. The van der Waals surface area contributed by atoms with Gasteiger partial charge in [0.2, 0.25) is 0 Å². The number of hydrogen-bond donors (Lipinski definition) is 1. The van der Waals surface area contributed by atoms with Crippen LogP contribution in [-0.2, 0) is 19.1 Å². The summed E-state index contributed by atoms with van der Waals surface area (Å²) < 4.78 is 10.2. The van der Waals surface area contributed by atoms with Gasteiger partial charge < -0.3 is 14.6 Å². The number of carbonyl (C=O) groups excluding carboxylic acids is 2. The van der Waals surface area contributed by atoms with Crippen LogP contribution in [0.15, 0.2) is 0 Å². The summed E-state index contributed by atoms with van der Waals surface area (Å²) in [6.45, 7) is 8.83. The molecule has 1 N–H and O–H groups in total. The summed E-state index contributed by atoms with van der Waals surface area (Å²) in [7, 11) is 0. The van der Waals surface area contributed by atoms with Crippen molar-refractivity contribution in [3.05, 3.63) is 0 Å². The Bertz CT molecular complexity index is 306. The molecule has 0 rings (SSSR count). The van der Waals surface area contributed by atoms with Crippen LogP contribution >= 0.6 is 0 Å². The Morgan fingerprint density at radius 2 is 1.80 bits per heavy atom. The number of carbonyl (C=O) groups is 2. The Morgan fingerprint density at radius 3 is 2.25 bits per heavy atom. The van der Waals surface area contributed by atoms with E-state index >= 15 is 0 Å². The van der Waals surface area contributed by atoms with E-state index in [9.17, 15) is 14.7 Å². The molecule has 0 heterocycles. The first kappa shape index (κ1) is 18.9. The fraction of sp³-hybridized carbons (Fsp3) is 0.867. The molecule has 0 saturated heterocycles. The van der Waals surface area contributed by atoms with E-state index in [2.05, 4.69) is 6.92 Å². The SMILES string of the molecule is CCC(=O)OCCC(C)CCC(OC(C)=O)C(C)(C)O. The van der Waals surface area contributed by atoms with Crippen LogP contribution in [0.3, 0.4) is 0 Å². The molecule has 2 atom stereocenters. The highest BCUT2D eigenvalue weighted by atomic mass is 16.6. The Hall–Kier alpha value is -1.10.